The fourth-order valence-corrected chi connectivity index (χ4v) is 3.08. The number of benzene rings is 1. The Kier molecular flexibility index (Phi) is 8.71. The van der Waals surface area contributed by atoms with Crippen molar-refractivity contribution in [2.75, 3.05) is 41.0 Å². The minimum Gasteiger partial charge on any atom is -0.493 e. The van der Waals surface area contributed by atoms with Crippen LogP contribution >= 0.6 is 0 Å². The van der Waals surface area contributed by atoms with Crippen molar-refractivity contribution in [1.29, 1.82) is 0 Å². The topological polar surface area (TPSA) is 86.3 Å². The Hall–Kier alpha value is -2.64. The van der Waals surface area contributed by atoms with E-state index in [2.05, 4.69) is 10.1 Å². The van der Waals surface area contributed by atoms with Crippen LogP contribution in [0.2, 0.25) is 0 Å². The Morgan fingerprint density at radius 1 is 1.07 bits per heavy atom. The van der Waals surface area contributed by atoms with Gasteiger partial charge in [0.15, 0.2) is 11.5 Å². The first-order chi connectivity index (χ1) is 13.6. The Morgan fingerprint density at radius 2 is 1.71 bits per heavy atom. The molecule has 1 aromatic rings. The summed E-state index contributed by atoms with van der Waals surface area (Å²) in [6, 6.07) is 5.44. The number of ether oxygens (including phenoxy) is 4. The largest absolute Gasteiger partial charge is 0.493 e. The van der Waals surface area contributed by atoms with Gasteiger partial charge >= 0.3 is 12.0 Å². The van der Waals surface area contributed by atoms with E-state index in [9.17, 15) is 9.59 Å². The highest BCUT2D eigenvalue weighted by molar-refractivity contribution is 5.74. The first kappa shape index (κ1) is 21.7. The van der Waals surface area contributed by atoms with E-state index < -0.39 is 0 Å². The van der Waals surface area contributed by atoms with Gasteiger partial charge in [-0.15, -0.1) is 0 Å². The second-order valence-electron chi connectivity index (χ2n) is 6.56. The first-order valence-corrected chi connectivity index (χ1v) is 9.56. The molecule has 1 aromatic carbocycles. The summed E-state index contributed by atoms with van der Waals surface area (Å²) in [6.45, 7) is 1.79. The normalized spacial score (nSPS) is 14.3. The summed E-state index contributed by atoms with van der Waals surface area (Å²) < 4.78 is 21.4. The van der Waals surface area contributed by atoms with Crippen LogP contribution in [0.15, 0.2) is 18.2 Å². The lowest BCUT2D eigenvalue weighted by Gasteiger charge is -2.32. The van der Waals surface area contributed by atoms with Crippen LogP contribution < -0.4 is 19.5 Å². The van der Waals surface area contributed by atoms with Gasteiger partial charge < -0.3 is 29.2 Å². The molecule has 1 aliphatic heterocycles. The number of piperidine rings is 1. The van der Waals surface area contributed by atoms with E-state index in [1.807, 2.05) is 18.2 Å². The molecular formula is C20H30N2O6. The lowest BCUT2D eigenvalue weighted by atomic mass is 10.1. The summed E-state index contributed by atoms with van der Waals surface area (Å²) in [5, 5.41) is 2.90. The summed E-state index contributed by atoms with van der Waals surface area (Å²) in [5.41, 5.74) is 0. The maximum Gasteiger partial charge on any atom is 0.317 e. The van der Waals surface area contributed by atoms with Crippen molar-refractivity contribution in [3.63, 3.8) is 0 Å². The molecule has 0 aromatic heterocycles. The highest BCUT2D eigenvalue weighted by atomic mass is 16.5. The van der Waals surface area contributed by atoms with Crippen molar-refractivity contribution < 1.29 is 28.5 Å². The van der Waals surface area contributed by atoms with Gasteiger partial charge in [0.05, 0.1) is 21.3 Å². The van der Waals surface area contributed by atoms with Gasteiger partial charge in [-0.3, -0.25) is 4.79 Å². The number of methoxy groups -OCH3 is 3. The molecule has 0 spiro atoms. The van der Waals surface area contributed by atoms with Crippen molar-refractivity contribution in [1.82, 2.24) is 10.2 Å². The molecular weight excluding hydrogens is 364 g/mol. The Bertz CT molecular complexity index is 621. The van der Waals surface area contributed by atoms with Crippen LogP contribution in [0.4, 0.5) is 4.79 Å². The lowest BCUT2D eigenvalue weighted by molar-refractivity contribution is -0.140. The molecule has 1 saturated heterocycles. The van der Waals surface area contributed by atoms with Crippen LogP contribution in [0, 0.1) is 0 Å². The Balaban J connectivity index is 1.74. The predicted octanol–water partition coefficient (Wildman–Crippen LogP) is 2.60. The van der Waals surface area contributed by atoms with E-state index in [4.69, 9.17) is 14.2 Å². The zero-order chi connectivity index (χ0) is 20.4. The van der Waals surface area contributed by atoms with Crippen molar-refractivity contribution in [3.05, 3.63) is 18.2 Å². The number of esters is 1. The van der Waals surface area contributed by atoms with Crippen LogP contribution in [0.3, 0.4) is 0 Å². The second kappa shape index (κ2) is 11.3. The smallest absolute Gasteiger partial charge is 0.317 e. The number of amides is 2. The molecule has 1 heterocycles. The Morgan fingerprint density at radius 3 is 2.29 bits per heavy atom. The third kappa shape index (κ3) is 6.21. The van der Waals surface area contributed by atoms with Crippen molar-refractivity contribution >= 4 is 12.0 Å². The maximum atomic E-state index is 12.3. The maximum absolute atomic E-state index is 12.3. The molecule has 156 valence electrons. The number of carbonyl (C=O) groups is 2. The minimum atomic E-state index is -0.222. The van der Waals surface area contributed by atoms with Gasteiger partial charge in [-0.05, 0) is 25.0 Å². The SMILES string of the molecule is COC(=O)CCCCNC(=O)N1CCC(Oc2c(OC)cccc2OC)CC1. The van der Waals surface area contributed by atoms with Gasteiger partial charge in [0, 0.05) is 38.9 Å². The van der Waals surface area contributed by atoms with E-state index in [1.54, 1.807) is 19.1 Å². The number of nitrogens with zero attached hydrogens (tertiary/aromatic N) is 1. The quantitative estimate of drug-likeness (QED) is 0.512. The fraction of sp³-hybridized carbons (Fsp3) is 0.600. The standard InChI is InChI=1S/C20H30N2O6/c1-25-16-7-6-8-17(26-2)19(16)28-15-10-13-22(14-11-15)20(24)21-12-5-4-9-18(23)27-3/h6-8,15H,4-5,9-14H2,1-3H3,(H,21,24). The van der Waals surface area contributed by atoms with Gasteiger partial charge in [-0.2, -0.15) is 0 Å². The number of urea groups is 1. The molecule has 0 aliphatic carbocycles. The van der Waals surface area contributed by atoms with E-state index >= 15 is 0 Å². The van der Waals surface area contributed by atoms with E-state index in [-0.39, 0.29) is 18.1 Å². The average molecular weight is 394 g/mol. The summed E-state index contributed by atoms with van der Waals surface area (Å²) in [5.74, 6) is 1.64. The fourth-order valence-electron chi connectivity index (χ4n) is 3.08. The Labute approximate surface area is 166 Å². The van der Waals surface area contributed by atoms with Crippen LogP contribution in [0.25, 0.3) is 0 Å². The average Bonchev–Trinajstić information content (AvgIpc) is 2.73. The molecule has 1 aliphatic rings. The monoisotopic (exact) mass is 394 g/mol. The third-order valence-electron chi connectivity index (χ3n) is 4.71. The highest BCUT2D eigenvalue weighted by Crippen LogP contribution is 2.38. The van der Waals surface area contributed by atoms with Gasteiger partial charge in [0.2, 0.25) is 5.75 Å². The van der Waals surface area contributed by atoms with Crippen LogP contribution in [-0.2, 0) is 9.53 Å². The molecule has 1 fully saturated rings. The van der Waals surface area contributed by atoms with Crippen LogP contribution in [0.5, 0.6) is 17.2 Å². The first-order valence-electron chi connectivity index (χ1n) is 9.56. The molecule has 0 saturated carbocycles. The molecule has 8 nitrogen and oxygen atoms in total. The molecule has 2 amide bonds. The number of rotatable bonds is 9. The van der Waals surface area contributed by atoms with Gasteiger partial charge in [-0.1, -0.05) is 6.07 Å². The molecule has 0 radical (unpaired) electrons. The van der Waals surface area contributed by atoms with E-state index in [0.717, 1.165) is 19.3 Å². The second-order valence-corrected chi connectivity index (χ2v) is 6.56. The van der Waals surface area contributed by atoms with Crippen molar-refractivity contribution in [2.24, 2.45) is 0 Å². The van der Waals surface area contributed by atoms with Gasteiger partial charge in [-0.25, -0.2) is 4.79 Å². The van der Waals surface area contributed by atoms with Crippen molar-refractivity contribution in [3.8, 4) is 17.2 Å². The number of para-hydroxylation sites is 1. The summed E-state index contributed by atoms with van der Waals surface area (Å²) in [4.78, 5) is 25.1. The van der Waals surface area contributed by atoms with Gasteiger partial charge in [0.1, 0.15) is 6.10 Å². The number of hydrogen-bond acceptors (Lipinski definition) is 6. The zero-order valence-corrected chi connectivity index (χ0v) is 16.9. The van der Waals surface area contributed by atoms with E-state index in [0.29, 0.717) is 49.7 Å². The van der Waals surface area contributed by atoms with Crippen LogP contribution in [-0.4, -0.2) is 64.0 Å². The third-order valence-corrected chi connectivity index (χ3v) is 4.71. The number of hydrogen-bond donors (Lipinski definition) is 1. The number of likely N-dealkylation sites (tertiary alicyclic amines) is 1. The van der Waals surface area contributed by atoms with E-state index in [1.165, 1.54) is 7.11 Å². The molecule has 1 N–H and O–H groups in total. The molecule has 0 atom stereocenters. The van der Waals surface area contributed by atoms with Crippen LogP contribution in [0.1, 0.15) is 32.1 Å². The predicted molar refractivity (Wildman–Crippen MR) is 104 cm³/mol. The summed E-state index contributed by atoms with van der Waals surface area (Å²) in [7, 11) is 4.57. The molecule has 0 unspecified atom stereocenters. The molecule has 2 rings (SSSR count). The summed E-state index contributed by atoms with van der Waals surface area (Å²) >= 11 is 0. The zero-order valence-electron chi connectivity index (χ0n) is 16.9. The summed E-state index contributed by atoms with van der Waals surface area (Å²) in [6.07, 6.45) is 3.28. The molecule has 28 heavy (non-hydrogen) atoms. The number of carbonyl (C=O) groups excluding carboxylic acids is 2. The number of nitrogens with one attached hydrogen (secondary N) is 1. The number of unbranched alkanes of at least 4 members (excludes halogenated alkanes) is 1. The minimum absolute atomic E-state index is 0.00527. The lowest BCUT2D eigenvalue weighted by Crippen LogP contribution is -2.46. The highest BCUT2D eigenvalue weighted by Gasteiger charge is 2.25. The molecule has 8 heteroatoms. The molecule has 0 bridgehead atoms. The van der Waals surface area contributed by atoms with Crippen molar-refractivity contribution in [2.45, 2.75) is 38.2 Å². The van der Waals surface area contributed by atoms with Gasteiger partial charge in [0.25, 0.3) is 0 Å².